The maximum atomic E-state index is 2.42. The van der Waals surface area contributed by atoms with Crippen LogP contribution in [0.4, 0.5) is 0 Å². The zero-order valence-electron chi connectivity index (χ0n) is 10.6. The fourth-order valence-electron chi connectivity index (χ4n) is 2.94. The highest BCUT2D eigenvalue weighted by molar-refractivity contribution is 4.91. The van der Waals surface area contributed by atoms with Crippen molar-refractivity contribution in [1.82, 2.24) is 0 Å². The van der Waals surface area contributed by atoms with Crippen LogP contribution in [0.15, 0.2) is 0 Å². The molecule has 84 valence electrons. The van der Waals surface area contributed by atoms with E-state index in [1.165, 1.54) is 38.5 Å². The molecule has 0 aromatic carbocycles. The van der Waals surface area contributed by atoms with Crippen LogP contribution in [0.3, 0.4) is 0 Å². The summed E-state index contributed by atoms with van der Waals surface area (Å²) in [7, 11) is 0. The highest BCUT2D eigenvalue weighted by Gasteiger charge is 2.41. The third-order valence-corrected chi connectivity index (χ3v) is 4.05. The Labute approximate surface area is 90.5 Å². The van der Waals surface area contributed by atoms with E-state index >= 15 is 0 Å². The van der Waals surface area contributed by atoms with Gasteiger partial charge in [-0.15, -0.1) is 0 Å². The lowest BCUT2D eigenvalue weighted by atomic mass is 9.85. The van der Waals surface area contributed by atoms with E-state index in [4.69, 9.17) is 0 Å². The fourth-order valence-corrected chi connectivity index (χ4v) is 2.94. The Hall–Kier alpha value is 0. The molecule has 0 N–H and O–H groups in total. The van der Waals surface area contributed by atoms with Gasteiger partial charge in [0.15, 0.2) is 0 Å². The molecule has 0 aliphatic heterocycles. The first-order chi connectivity index (χ1) is 6.70. The van der Waals surface area contributed by atoms with E-state index < -0.39 is 0 Å². The minimum atomic E-state index is 0.911. The number of hydrogen-bond acceptors (Lipinski definition) is 0. The van der Waals surface area contributed by atoms with Crippen LogP contribution in [0, 0.1) is 23.7 Å². The van der Waals surface area contributed by atoms with Crippen molar-refractivity contribution in [2.45, 2.75) is 66.2 Å². The molecule has 0 nitrogen and oxygen atoms in total. The van der Waals surface area contributed by atoms with E-state index in [0.29, 0.717) is 0 Å². The molecule has 0 heteroatoms. The minimum Gasteiger partial charge on any atom is -0.0654 e. The van der Waals surface area contributed by atoms with Crippen molar-refractivity contribution in [3.05, 3.63) is 0 Å². The standard InChI is InChI=1S/C14H28/c1-5-7-8-9-13(11(3)4)14-10-12(14)6-2/h11-14H,5-10H2,1-4H3. The first kappa shape index (κ1) is 12.1. The van der Waals surface area contributed by atoms with Gasteiger partial charge in [-0.2, -0.15) is 0 Å². The van der Waals surface area contributed by atoms with Crippen LogP contribution in [-0.4, -0.2) is 0 Å². The van der Waals surface area contributed by atoms with Gasteiger partial charge in [0.1, 0.15) is 0 Å². The van der Waals surface area contributed by atoms with Crippen molar-refractivity contribution in [2.24, 2.45) is 23.7 Å². The molecule has 0 amide bonds. The quantitative estimate of drug-likeness (QED) is 0.509. The molecular weight excluding hydrogens is 168 g/mol. The van der Waals surface area contributed by atoms with Crippen molar-refractivity contribution in [3.8, 4) is 0 Å². The summed E-state index contributed by atoms with van der Waals surface area (Å²) in [6.07, 6.45) is 8.71. The topological polar surface area (TPSA) is 0 Å². The molecule has 3 atom stereocenters. The molecule has 0 aromatic heterocycles. The molecule has 1 saturated carbocycles. The van der Waals surface area contributed by atoms with Gasteiger partial charge in [0.05, 0.1) is 0 Å². The predicted molar refractivity (Wildman–Crippen MR) is 64.4 cm³/mol. The molecule has 1 rings (SSSR count). The predicted octanol–water partition coefficient (Wildman–Crippen LogP) is 4.89. The van der Waals surface area contributed by atoms with Gasteiger partial charge >= 0.3 is 0 Å². The monoisotopic (exact) mass is 196 g/mol. The molecule has 3 unspecified atom stereocenters. The molecule has 0 heterocycles. The van der Waals surface area contributed by atoms with Crippen molar-refractivity contribution in [3.63, 3.8) is 0 Å². The van der Waals surface area contributed by atoms with Gasteiger partial charge in [-0.1, -0.05) is 53.4 Å². The van der Waals surface area contributed by atoms with Gasteiger partial charge in [0.25, 0.3) is 0 Å². The average molecular weight is 196 g/mol. The Balaban J connectivity index is 2.26. The molecule has 0 saturated heterocycles. The van der Waals surface area contributed by atoms with Gasteiger partial charge in [0, 0.05) is 0 Å². The SMILES string of the molecule is CCCCCC(C(C)C)C1CC1CC. The third kappa shape index (κ3) is 3.29. The molecule has 1 fully saturated rings. The molecule has 1 aliphatic rings. The highest BCUT2D eigenvalue weighted by Crippen LogP contribution is 2.50. The van der Waals surface area contributed by atoms with Crippen LogP contribution in [0.1, 0.15) is 66.2 Å². The molecule has 0 bridgehead atoms. The maximum absolute atomic E-state index is 2.42. The van der Waals surface area contributed by atoms with Gasteiger partial charge in [-0.25, -0.2) is 0 Å². The Morgan fingerprint density at radius 2 is 1.86 bits per heavy atom. The number of hydrogen-bond donors (Lipinski definition) is 0. The van der Waals surface area contributed by atoms with Gasteiger partial charge in [0.2, 0.25) is 0 Å². The lowest BCUT2D eigenvalue weighted by Gasteiger charge is -2.21. The molecule has 0 radical (unpaired) electrons. The van der Waals surface area contributed by atoms with Crippen molar-refractivity contribution < 1.29 is 0 Å². The van der Waals surface area contributed by atoms with E-state index in [-0.39, 0.29) is 0 Å². The lowest BCUT2D eigenvalue weighted by molar-refractivity contribution is 0.293. The first-order valence-corrected chi connectivity index (χ1v) is 6.70. The molecule has 1 aliphatic carbocycles. The number of rotatable bonds is 7. The summed E-state index contributed by atoms with van der Waals surface area (Å²) < 4.78 is 0. The van der Waals surface area contributed by atoms with Crippen LogP contribution in [0.25, 0.3) is 0 Å². The second kappa shape index (κ2) is 5.78. The Morgan fingerprint density at radius 3 is 2.29 bits per heavy atom. The first-order valence-electron chi connectivity index (χ1n) is 6.70. The Kier molecular flexibility index (Phi) is 4.98. The minimum absolute atomic E-state index is 0.911. The van der Waals surface area contributed by atoms with E-state index in [1.54, 1.807) is 0 Å². The van der Waals surface area contributed by atoms with Crippen molar-refractivity contribution >= 4 is 0 Å². The largest absolute Gasteiger partial charge is 0.0654 e. The second-order valence-electron chi connectivity index (χ2n) is 5.47. The summed E-state index contributed by atoms with van der Waals surface area (Å²) >= 11 is 0. The van der Waals surface area contributed by atoms with E-state index in [2.05, 4.69) is 27.7 Å². The summed E-state index contributed by atoms with van der Waals surface area (Å²) in [5.74, 6) is 4.13. The zero-order valence-corrected chi connectivity index (χ0v) is 10.6. The summed E-state index contributed by atoms with van der Waals surface area (Å²) in [6, 6.07) is 0. The van der Waals surface area contributed by atoms with E-state index in [9.17, 15) is 0 Å². The van der Waals surface area contributed by atoms with Gasteiger partial charge in [-0.3, -0.25) is 0 Å². The Bertz CT molecular complexity index is 148. The third-order valence-electron chi connectivity index (χ3n) is 4.05. The normalized spacial score (nSPS) is 28.1. The van der Waals surface area contributed by atoms with Gasteiger partial charge < -0.3 is 0 Å². The van der Waals surface area contributed by atoms with Crippen LogP contribution in [0.5, 0.6) is 0 Å². The lowest BCUT2D eigenvalue weighted by Crippen LogP contribution is -2.12. The highest BCUT2D eigenvalue weighted by atomic mass is 14.5. The smallest absolute Gasteiger partial charge is 0.0352 e. The zero-order chi connectivity index (χ0) is 10.6. The molecular formula is C14H28. The summed E-state index contributed by atoms with van der Waals surface area (Å²) in [5.41, 5.74) is 0. The summed E-state index contributed by atoms with van der Waals surface area (Å²) in [5, 5.41) is 0. The fraction of sp³-hybridized carbons (Fsp3) is 1.00. The molecule has 0 aromatic rings. The van der Waals surface area contributed by atoms with Crippen molar-refractivity contribution in [1.29, 1.82) is 0 Å². The average Bonchev–Trinajstić information content (AvgIpc) is 2.91. The van der Waals surface area contributed by atoms with E-state index in [0.717, 1.165) is 23.7 Å². The number of unbranched alkanes of at least 4 members (excludes halogenated alkanes) is 2. The Morgan fingerprint density at radius 1 is 1.14 bits per heavy atom. The van der Waals surface area contributed by atoms with Crippen LogP contribution in [-0.2, 0) is 0 Å². The summed E-state index contributed by atoms with van der Waals surface area (Å²) in [4.78, 5) is 0. The van der Waals surface area contributed by atoms with Crippen LogP contribution in [0.2, 0.25) is 0 Å². The van der Waals surface area contributed by atoms with Gasteiger partial charge in [-0.05, 0) is 36.5 Å². The molecule has 14 heavy (non-hydrogen) atoms. The van der Waals surface area contributed by atoms with Crippen LogP contribution < -0.4 is 0 Å². The molecule has 0 spiro atoms. The second-order valence-corrected chi connectivity index (χ2v) is 5.47. The maximum Gasteiger partial charge on any atom is -0.0352 e. The van der Waals surface area contributed by atoms with E-state index in [1.807, 2.05) is 0 Å². The van der Waals surface area contributed by atoms with Crippen molar-refractivity contribution in [2.75, 3.05) is 0 Å². The summed E-state index contributed by atoms with van der Waals surface area (Å²) in [6.45, 7) is 9.49. The van der Waals surface area contributed by atoms with Crippen LogP contribution >= 0.6 is 0 Å².